The second kappa shape index (κ2) is 5.54. The standard InChI is InChI=1S/C18H23N3O2/c1-17(2,3)23-16(22)21-13-18(12-19)9-15(21)11-20(18)10-14-7-5-4-6-8-14/h4-8,15H,9-11,13H2,1-3H3/t15-,18+/m0/s1. The fourth-order valence-corrected chi connectivity index (χ4v) is 3.50. The molecule has 1 amide bonds. The number of ether oxygens (including phenoxy) is 1. The molecule has 0 saturated carbocycles. The predicted octanol–water partition coefficient (Wildman–Crippen LogP) is 2.77. The van der Waals surface area contributed by atoms with Gasteiger partial charge in [0, 0.05) is 19.5 Å². The lowest BCUT2D eigenvalue weighted by Gasteiger charge is -2.38. The van der Waals surface area contributed by atoms with Crippen LogP contribution in [0.5, 0.6) is 0 Å². The number of hydrogen-bond donors (Lipinski definition) is 0. The van der Waals surface area contributed by atoms with Crippen molar-refractivity contribution in [3.05, 3.63) is 35.9 Å². The zero-order valence-corrected chi connectivity index (χ0v) is 14.0. The van der Waals surface area contributed by atoms with Gasteiger partial charge in [-0.3, -0.25) is 4.90 Å². The minimum atomic E-state index is -0.586. The molecule has 2 aliphatic heterocycles. The van der Waals surface area contributed by atoms with Crippen molar-refractivity contribution in [2.24, 2.45) is 0 Å². The lowest BCUT2D eigenvalue weighted by Crippen LogP contribution is -2.55. The van der Waals surface area contributed by atoms with Gasteiger partial charge in [-0.2, -0.15) is 5.26 Å². The van der Waals surface area contributed by atoms with E-state index in [1.807, 2.05) is 39.0 Å². The maximum Gasteiger partial charge on any atom is 0.410 e. The largest absolute Gasteiger partial charge is 0.444 e. The second-order valence-electron chi connectivity index (χ2n) is 7.48. The molecular weight excluding hydrogens is 290 g/mol. The Labute approximate surface area is 137 Å². The highest BCUT2D eigenvalue weighted by atomic mass is 16.6. The Kier molecular flexibility index (Phi) is 3.81. The molecule has 0 spiro atoms. The number of amides is 1. The number of carbonyl (C=O) groups excluding carboxylic acids is 1. The molecule has 0 aliphatic carbocycles. The van der Waals surface area contributed by atoms with Crippen LogP contribution in [-0.2, 0) is 11.3 Å². The van der Waals surface area contributed by atoms with Crippen molar-refractivity contribution in [2.45, 2.75) is 50.9 Å². The maximum absolute atomic E-state index is 12.3. The van der Waals surface area contributed by atoms with E-state index >= 15 is 0 Å². The Hall–Kier alpha value is -2.06. The Morgan fingerprint density at radius 1 is 1.39 bits per heavy atom. The Morgan fingerprint density at radius 3 is 2.70 bits per heavy atom. The quantitative estimate of drug-likeness (QED) is 0.842. The molecule has 2 atom stereocenters. The van der Waals surface area contributed by atoms with E-state index in [9.17, 15) is 10.1 Å². The molecule has 23 heavy (non-hydrogen) atoms. The van der Waals surface area contributed by atoms with Gasteiger partial charge in [0.2, 0.25) is 0 Å². The molecule has 5 nitrogen and oxygen atoms in total. The molecule has 0 radical (unpaired) electrons. The monoisotopic (exact) mass is 313 g/mol. The van der Waals surface area contributed by atoms with Gasteiger partial charge < -0.3 is 9.64 Å². The molecule has 3 rings (SSSR count). The van der Waals surface area contributed by atoms with Crippen molar-refractivity contribution in [1.29, 1.82) is 5.26 Å². The summed E-state index contributed by atoms with van der Waals surface area (Å²) >= 11 is 0. The maximum atomic E-state index is 12.3. The van der Waals surface area contributed by atoms with Crippen molar-refractivity contribution in [2.75, 3.05) is 13.1 Å². The van der Waals surface area contributed by atoms with Crippen LogP contribution in [0.3, 0.4) is 0 Å². The fraction of sp³-hybridized carbons (Fsp3) is 0.556. The molecular formula is C18H23N3O2. The Morgan fingerprint density at radius 2 is 2.09 bits per heavy atom. The van der Waals surface area contributed by atoms with E-state index in [1.165, 1.54) is 5.56 Å². The zero-order valence-electron chi connectivity index (χ0n) is 14.0. The number of hydrogen-bond acceptors (Lipinski definition) is 4. The summed E-state index contributed by atoms with van der Waals surface area (Å²) in [4.78, 5) is 16.3. The molecule has 2 aliphatic rings. The normalized spacial score (nSPS) is 27.0. The van der Waals surface area contributed by atoms with Crippen LogP contribution in [0.4, 0.5) is 4.79 Å². The van der Waals surface area contributed by atoms with Gasteiger partial charge in [0.15, 0.2) is 0 Å². The van der Waals surface area contributed by atoms with Crippen molar-refractivity contribution < 1.29 is 9.53 Å². The number of benzene rings is 1. The molecule has 2 saturated heterocycles. The van der Waals surface area contributed by atoms with E-state index in [4.69, 9.17) is 4.74 Å². The van der Waals surface area contributed by atoms with Crippen molar-refractivity contribution in [1.82, 2.24) is 9.80 Å². The van der Waals surface area contributed by atoms with Gasteiger partial charge in [-0.05, 0) is 26.3 Å². The summed E-state index contributed by atoms with van der Waals surface area (Å²) < 4.78 is 5.48. The second-order valence-corrected chi connectivity index (χ2v) is 7.48. The number of carbonyl (C=O) groups is 1. The van der Waals surface area contributed by atoms with Crippen LogP contribution in [0.25, 0.3) is 0 Å². The molecule has 2 bridgehead atoms. The van der Waals surface area contributed by atoms with E-state index < -0.39 is 11.1 Å². The molecule has 1 aromatic rings. The van der Waals surface area contributed by atoms with Crippen LogP contribution in [0.2, 0.25) is 0 Å². The molecule has 2 heterocycles. The average molecular weight is 313 g/mol. The molecule has 122 valence electrons. The van der Waals surface area contributed by atoms with Crippen molar-refractivity contribution in [3.63, 3.8) is 0 Å². The van der Waals surface area contributed by atoms with Crippen LogP contribution in [0.1, 0.15) is 32.8 Å². The van der Waals surface area contributed by atoms with Crippen LogP contribution >= 0.6 is 0 Å². The van der Waals surface area contributed by atoms with E-state index in [1.54, 1.807) is 4.90 Å². The van der Waals surface area contributed by atoms with Gasteiger partial charge in [-0.25, -0.2) is 4.79 Å². The third-order valence-corrected chi connectivity index (χ3v) is 4.53. The van der Waals surface area contributed by atoms with Crippen LogP contribution in [-0.4, -0.2) is 46.2 Å². The lowest BCUT2D eigenvalue weighted by atomic mass is 10.0. The molecule has 0 aromatic heterocycles. The molecule has 5 heteroatoms. The summed E-state index contributed by atoms with van der Waals surface area (Å²) in [5.41, 5.74) is 0.0957. The van der Waals surface area contributed by atoms with Crippen molar-refractivity contribution >= 4 is 6.09 Å². The third-order valence-electron chi connectivity index (χ3n) is 4.53. The molecule has 0 unspecified atom stereocenters. The van der Waals surface area contributed by atoms with E-state index in [0.29, 0.717) is 13.0 Å². The van der Waals surface area contributed by atoms with E-state index in [2.05, 4.69) is 23.1 Å². The number of piperazine rings is 1. The van der Waals surface area contributed by atoms with Gasteiger partial charge in [-0.1, -0.05) is 30.3 Å². The smallest absolute Gasteiger partial charge is 0.410 e. The first-order chi connectivity index (χ1) is 10.8. The molecule has 0 N–H and O–H groups in total. The Balaban J connectivity index is 1.72. The number of nitrogens with zero attached hydrogens (tertiary/aromatic N) is 3. The summed E-state index contributed by atoms with van der Waals surface area (Å²) in [7, 11) is 0. The Bertz CT molecular complexity index is 632. The van der Waals surface area contributed by atoms with Crippen LogP contribution in [0, 0.1) is 11.3 Å². The summed E-state index contributed by atoms with van der Waals surface area (Å²) in [6, 6.07) is 12.7. The first-order valence-electron chi connectivity index (χ1n) is 8.03. The summed E-state index contributed by atoms with van der Waals surface area (Å²) in [5.74, 6) is 0. The SMILES string of the molecule is CC(C)(C)OC(=O)N1C[C@]2(C#N)C[C@H]1CN2Cc1ccccc1. The lowest BCUT2D eigenvalue weighted by molar-refractivity contribution is 0.00773. The number of likely N-dealkylation sites (tertiary alicyclic amines) is 2. The highest BCUT2D eigenvalue weighted by Gasteiger charge is 2.57. The third kappa shape index (κ3) is 3.04. The van der Waals surface area contributed by atoms with Crippen LogP contribution in [0.15, 0.2) is 30.3 Å². The van der Waals surface area contributed by atoms with Gasteiger partial charge in [0.05, 0.1) is 18.7 Å². The summed E-state index contributed by atoms with van der Waals surface area (Å²) in [5, 5.41) is 9.75. The van der Waals surface area contributed by atoms with E-state index in [0.717, 1.165) is 13.1 Å². The van der Waals surface area contributed by atoms with Gasteiger partial charge in [0.25, 0.3) is 0 Å². The average Bonchev–Trinajstić information content (AvgIpc) is 3.02. The van der Waals surface area contributed by atoms with Gasteiger partial charge in [-0.15, -0.1) is 0 Å². The minimum Gasteiger partial charge on any atom is -0.444 e. The van der Waals surface area contributed by atoms with Crippen LogP contribution < -0.4 is 0 Å². The first kappa shape index (κ1) is 15.8. The highest BCUT2D eigenvalue weighted by molar-refractivity contribution is 5.70. The summed E-state index contributed by atoms with van der Waals surface area (Å²) in [6.45, 7) is 7.48. The van der Waals surface area contributed by atoms with E-state index in [-0.39, 0.29) is 12.1 Å². The molecule has 2 fully saturated rings. The number of nitriles is 1. The highest BCUT2D eigenvalue weighted by Crippen LogP contribution is 2.41. The number of rotatable bonds is 2. The van der Waals surface area contributed by atoms with Gasteiger partial charge in [0.1, 0.15) is 11.1 Å². The zero-order chi connectivity index (χ0) is 16.7. The number of fused-ring (bicyclic) bond motifs is 2. The van der Waals surface area contributed by atoms with Gasteiger partial charge >= 0.3 is 6.09 Å². The molecule has 1 aromatic carbocycles. The summed E-state index contributed by atoms with van der Waals surface area (Å²) in [6.07, 6.45) is 0.397. The topological polar surface area (TPSA) is 56.6 Å². The first-order valence-corrected chi connectivity index (χ1v) is 8.03. The minimum absolute atomic E-state index is 0.0632. The van der Waals surface area contributed by atoms with Crippen molar-refractivity contribution in [3.8, 4) is 6.07 Å². The predicted molar refractivity (Wildman–Crippen MR) is 86.5 cm³/mol. The fourth-order valence-electron chi connectivity index (χ4n) is 3.50.